The molecule has 2 fully saturated rings. The fraction of sp³-hybridized carbons (Fsp3) is 0.483. The van der Waals surface area contributed by atoms with E-state index in [1.165, 1.54) is 12.6 Å². The number of piperidine rings is 1. The van der Waals surface area contributed by atoms with Crippen LogP contribution in [0.2, 0.25) is 10.0 Å². The van der Waals surface area contributed by atoms with Crippen LogP contribution >= 0.6 is 23.2 Å². The van der Waals surface area contributed by atoms with Gasteiger partial charge in [-0.05, 0) is 63.3 Å². The highest BCUT2D eigenvalue weighted by molar-refractivity contribution is 6.45. The van der Waals surface area contributed by atoms with Gasteiger partial charge in [0.2, 0.25) is 11.9 Å². The molecule has 0 atom stereocenters. The topological polar surface area (TPSA) is 86.0 Å². The molecule has 3 aromatic rings. The van der Waals surface area contributed by atoms with E-state index in [4.69, 9.17) is 28.2 Å². The quantitative estimate of drug-likeness (QED) is 0.335. The number of anilines is 3. The Balaban J connectivity index is 1.41. The number of nitriles is 1. The van der Waals surface area contributed by atoms with Crippen molar-refractivity contribution in [3.8, 4) is 6.07 Å². The summed E-state index contributed by atoms with van der Waals surface area (Å²) >= 11 is 13.0. The zero-order valence-electron chi connectivity index (χ0n) is 22.2. The highest BCUT2D eigenvalue weighted by Gasteiger charge is 2.36. The number of hydrogen-bond acceptors (Lipinski definition) is 5. The number of halogens is 2. The van der Waals surface area contributed by atoms with Crippen molar-refractivity contribution >= 4 is 57.5 Å². The number of benzene rings is 2. The van der Waals surface area contributed by atoms with Gasteiger partial charge in [0.15, 0.2) is 0 Å². The van der Waals surface area contributed by atoms with Gasteiger partial charge in [0.05, 0.1) is 32.7 Å². The second-order valence-corrected chi connectivity index (χ2v) is 11.7. The van der Waals surface area contributed by atoms with Crippen LogP contribution in [0.1, 0.15) is 70.9 Å². The van der Waals surface area contributed by atoms with E-state index < -0.39 is 0 Å². The molecule has 5 rings (SSSR count). The molecule has 2 N–H and O–H groups in total. The Bertz CT molecular complexity index is 1380. The molecule has 200 valence electrons. The van der Waals surface area contributed by atoms with Crippen LogP contribution in [-0.4, -0.2) is 34.6 Å². The molecule has 0 radical (unpaired) electrons. The molecule has 0 bridgehead atoms. The summed E-state index contributed by atoms with van der Waals surface area (Å²) in [5.41, 5.74) is 3.96. The van der Waals surface area contributed by atoms with Crippen LogP contribution in [0.25, 0.3) is 11.0 Å². The third-order valence-corrected chi connectivity index (χ3v) is 8.67. The minimum atomic E-state index is -0.311. The molecule has 2 heterocycles. The second-order valence-electron chi connectivity index (χ2n) is 10.9. The third-order valence-electron chi connectivity index (χ3n) is 7.88. The lowest BCUT2D eigenvalue weighted by atomic mass is 9.80. The summed E-state index contributed by atoms with van der Waals surface area (Å²) in [6, 6.07) is 13.5. The molecule has 1 aliphatic heterocycles. The molecular weight excluding hydrogens is 519 g/mol. The van der Waals surface area contributed by atoms with E-state index in [0.717, 1.165) is 68.6 Å². The molecule has 38 heavy (non-hydrogen) atoms. The lowest BCUT2D eigenvalue weighted by Crippen LogP contribution is -2.35. The van der Waals surface area contributed by atoms with Crippen LogP contribution in [0.3, 0.4) is 0 Å². The van der Waals surface area contributed by atoms with E-state index in [9.17, 15) is 10.1 Å². The molecule has 0 spiro atoms. The number of carbonyl (C=O) groups is 1. The Hall–Kier alpha value is -2.95. The second kappa shape index (κ2) is 10.7. The van der Waals surface area contributed by atoms with Gasteiger partial charge in [0.1, 0.15) is 5.52 Å². The molecule has 2 aromatic carbocycles. The normalized spacial score (nSPS) is 17.7. The summed E-state index contributed by atoms with van der Waals surface area (Å²) in [7, 11) is 0. The number of aromatic nitrogens is 2. The Labute approximate surface area is 234 Å². The van der Waals surface area contributed by atoms with E-state index in [-0.39, 0.29) is 23.4 Å². The van der Waals surface area contributed by atoms with E-state index in [1.54, 1.807) is 0 Å². The van der Waals surface area contributed by atoms with E-state index >= 15 is 0 Å². The maximum atomic E-state index is 11.9. The largest absolute Gasteiger partial charge is 0.371 e. The van der Waals surface area contributed by atoms with E-state index in [2.05, 4.69) is 64.3 Å². The number of nitrogens with one attached hydrogen (secondary N) is 2. The monoisotopic (exact) mass is 552 g/mol. The van der Waals surface area contributed by atoms with Crippen molar-refractivity contribution in [2.45, 2.75) is 76.8 Å². The highest BCUT2D eigenvalue weighted by Crippen LogP contribution is 2.43. The van der Waals surface area contributed by atoms with Crippen molar-refractivity contribution in [2.75, 3.05) is 28.6 Å². The summed E-state index contributed by atoms with van der Waals surface area (Å²) in [5, 5.41) is 16.8. The summed E-state index contributed by atoms with van der Waals surface area (Å²) in [5.74, 6) is 0.525. The van der Waals surface area contributed by atoms with Crippen molar-refractivity contribution in [3.63, 3.8) is 0 Å². The first-order valence-corrected chi connectivity index (χ1v) is 14.2. The molecule has 1 aliphatic carbocycles. The van der Waals surface area contributed by atoms with Crippen LogP contribution < -0.4 is 15.5 Å². The first kappa shape index (κ1) is 26.6. The Morgan fingerprint density at radius 3 is 2.39 bits per heavy atom. The number of imidazole rings is 1. The number of carbonyl (C=O) groups excluding carboxylic acids is 1. The molecule has 7 nitrogen and oxygen atoms in total. The van der Waals surface area contributed by atoms with E-state index in [0.29, 0.717) is 21.2 Å². The van der Waals surface area contributed by atoms with Gasteiger partial charge in [-0.2, -0.15) is 5.26 Å². The zero-order valence-corrected chi connectivity index (χ0v) is 23.7. The molecule has 1 saturated heterocycles. The zero-order chi connectivity index (χ0) is 27.0. The van der Waals surface area contributed by atoms with Gasteiger partial charge in [0, 0.05) is 37.8 Å². The summed E-state index contributed by atoms with van der Waals surface area (Å²) < 4.78 is 2.22. The van der Waals surface area contributed by atoms with Gasteiger partial charge < -0.3 is 20.1 Å². The third kappa shape index (κ3) is 4.92. The van der Waals surface area contributed by atoms with Crippen molar-refractivity contribution in [1.82, 2.24) is 9.55 Å². The molecule has 1 aromatic heterocycles. The maximum absolute atomic E-state index is 11.9. The van der Waals surface area contributed by atoms with Crippen LogP contribution in [0.4, 0.5) is 17.3 Å². The number of hydrogen-bond donors (Lipinski definition) is 2. The smallest absolute Gasteiger partial charge is 0.221 e. The Kier molecular flexibility index (Phi) is 7.48. The average molecular weight is 554 g/mol. The SMILES string of the molecule is CC(=O)Nc1c(Cl)c(Cl)cc2c1nc(NC(C)C)n2C1CCN(c2ccc(C3(C#N)CCCC3)cc2)CC1. The van der Waals surface area contributed by atoms with E-state index in [1.807, 2.05) is 6.07 Å². The van der Waals surface area contributed by atoms with Crippen LogP contribution in [-0.2, 0) is 10.2 Å². The maximum Gasteiger partial charge on any atom is 0.221 e. The summed E-state index contributed by atoms with van der Waals surface area (Å²) in [4.78, 5) is 19.2. The predicted molar refractivity (Wildman–Crippen MR) is 156 cm³/mol. The summed E-state index contributed by atoms with van der Waals surface area (Å²) in [6.07, 6.45) is 6.03. The van der Waals surface area contributed by atoms with Crippen molar-refractivity contribution < 1.29 is 4.79 Å². The lowest BCUT2D eigenvalue weighted by molar-refractivity contribution is -0.114. The molecule has 1 amide bonds. The molecule has 2 aliphatic rings. The average Bonchev–Trinajstić information content (AvgIpc) is 3.52. The lowest BCUT2D eigenvalue weighted by Gasteiger charge is -2.35. The Morgan fingerprint density at radius 1 is 1.16 bits per heavy atom. The molecule has 0 unspecified atom stereocenters. The first-order chi connectivity index (χ1) is 18.2. The van der Waals surface area contributed by atoms with Gasteiger partial charge in [-0.1, -0.05) is 48.2 Å². The minimum Gasteiger partial charge on any atom is -0.371 e. The number of nitrogens with zero attached hydrogens (tertiary/aromatic N) is 4. The van der Waals surface area contributed by atoms with Crippen LogP contribution in [0.5, 0.6) is 0 Å². The molecular formula is C29H34Cl2N6O. The van der Waals surface area contributed by atoms with Crippen LogP contribution in [0, 0.1) is 11.3 Å². The fourth-order valence-electron chi connectivity index (χ4n) is 6.01. The van der Waals surface area contributed by atoms with Gasteiger partial charge in [-0.25, -0.2) is 4.98 Å². The number of fused-ring (bicyclic) bond motifs is 1. The van der Waals surface area contributed by atoms with Gasteiger partial charge in [-0.15, -0.1) is 0 Å². The summed E-state index contributed by atoms with van der Waals surface area (Å²) in [6.45, 7) is 7.39. The van der Waals surface area contributed by atoms with Gasteiger partial charge >= 0.3 is 0 Å². The van der Waals surface area contributed by atoms with Crippen molar-refractivity contribution in [2.24, 2.45) is 0 Å². The molecule has 9 heteroatoms. The first-order valence-electron chi connectivity index (χ1n) is 13.4. The number of rotatable bonds is 6. The minimum absolute atomic E-state index is 0.177. The molecule has 1 saturated carbocycles. The Morgan fingerprint density at radius 2 is 1.82 bits per heavy atom. The van der Waals surface area contributed by atoms with Gasteiger partial charge in [0.25, 0.3) is 0 Å². The van der Waals surface area contributed by atoms with Gasteiger partial charge in [-0.3, -0.25) is 4.79 Å². The van der Waals surface area contributed by atoms with Crippen LogP contribution in [0.15, 0.2) is 30.3 Å². The fourth-order valence-corrected chi connectivity index (χ4v) is 6.40. The van der Waals surface area contributed by atoms with Crippen molar-refractivity contribution in [1.29, 1.82) is 5.26 Å². The standard InChI is InChI=1S/C29H34Cl2N6O/c1-18(2)33-28-35-26-24(16-23(30)25(31)27(26)34-19(3)38)37(28)22-10-14-36(15-11-22)21-8-6-20(7-9-21)29(17-32)12-4-5-13-29/h6-9,16,18,22H,4-5,10-15H2,1-3H3,(H,33,35)(H,34,38). The highest BCUT2D eigenvalue weighted by atomic mass is 35.5. The van der Waals surface area contributed by atoms with Crippen molar-refractivity contribution in [3.05, 3.63) is 45.9 Å². The predicted octanol–water partition coefficient (Wildman–Crippen LogP) is 7.30. The number of amides is 1.